The Labute approximate surface area is 374 Å². The maximum atomic E-state index is 12.0. The number of likely N-dealkylation sites (N-methyl/N-ethyl adjacent to an activating group) is 1. The minimum Gasteiger partial charge on any atom is -0.463 e. The first-order valence-corrected chi connectivity index (χ1v) is 27.8. The van der Waals surface area contributed by atoms with Gasteiger partial charge in [-0.3, -0.25) is 13.8 Å². The molecule has 0 rings (SSSR count). The van der Waals surface area contributed by atoms with Crippen LogP contribution in [0.3, 0.4) is 0 Å². The third-order valence-corrected chi connectivity index (χ3v) is 13.1. The predicted octanol–water partition coefficient (Wildman–Crippen LogP) is 15.7. The van der Waals surface area contributed by atoms with E-state index in [0.29, 0.717) is 17.4 Å². The van der Waals surface area contributed by atoms with Gasteiger partial charge >= 0.3 is 13.8 Å². The highest BCUT2D eigenvalue weighted by Crippen LogP contribution is 2.43. The largest absolute Gasteiger partial charge is 0.472 e. The summed E-state index contributed by atoms with van der Waals surface area (Å²) in [6.07, 6.45) is 55.0. The van der Waals surface area contributed by atoms with Gasteiger partial charge in [0.15, 0.2) is 0 Å². The maximum Gasteiger partial charge on any atom is 0.472 e. The molecule has 9 heteroatoms. The SMILES string of the molecule is CCCCCCCCCCCCCCCCCCCCCCCCCCCCCCCCCCCCCCCCCCC(=O)OCC(O)COP(=O)(O)OCC[N+](C)(C)C. The van der Waals surface area contributed by atoms with Crippen LogP contribution in [-0.4, -0.2) is 74.1 Å². The van der Waals surface area contributed by atoms with Crippen LogP contribution in [0.4, 0.5) is 0 Å². The lowest BCUT2D eigenvalue weighted by Gasteiger charge is -2.24. The molecule has 0 heterocycles. The maximum absolute atomic E-state index is 12.0. The average Bonchev–Trinajstić information content (AvgIpc) is 3.21. The number of rotatable bonds is 50. The van der Waals surface area contributed by atoms with Crippen molar-refractivity contribution in [3.05, 3.63) is 0 Å². The number of esters is 1. The summed E-state index contributed by atoms with van der Waals surface area (Å²) in [5.41, 5.74) is 0. The van der Waals surface area contributed by atoms with Crippen LogP contribution in [0, 0.1) is 0 Å². The van der Waals surface area contributed by atoms with Crippen molar-refractivity contribution in [2.24, 2.45) is 0 Å². The highest BCUT2D eigenvalue weighted by molar-refractivity contribution is 7.47. The molecule has 2 atom stereocenters. The van der Waals surface area contributed by atoms with Crippen molar-refractivity contribution >= 4 is 13.8 Å². The molecule has 360 valence electrons. The first-order valence-electron chi connectivity index (χ1n) is 26.3. The van der Waals surface area contributed by atoms with Gasteiger partial charge in [0.1, 0.15) is 25.9 Å². The third-order valence-electron chi connectivity index (χ3n) is 12.1. The molecule has 0 saturated heterocycles. The third kappa shape index (κ3) is 50.1. The number of unbranched alkanes of at least 4 members (excludes halogenated alkanes) is 39. The van der Waals surface area contributed by atoms with Crippen LogP contribution in [0.5, 0.6) is 0 Å². The van der Waals surface area contributed by atoms with E-state index in [-0.39, 0.29) is 19.2 Å². The van der Waals surface area contributed by atoms with Crippen molar-refractivity contribution in [1.29, 1.82) is 0 Å². The second-order valence-corrected chi connectivity index (χ2v) is 20.9. The quantitative estimate of drug-likeness (QED) is 0.0272. The molecule has 0 aliphatic carbocycles. The molecule has 0 amide bonds. The van der Waals surface area contributed by atoms with Gasteiger partial charge in [-0.25, -0.2) is 4.57 Å². The number of carbonyl (C=O) groups excluding carboxylic acids is 1. The van der Waals surface area contributed by atoms with Gasteiger partial charge in [0.05, 0.1) is 27.7 Å². The number of nitrogens with zero attached hydrogens (tertiary/aromatic N) is 1. The van der Waals surface area contributed by atoms with Gasteiger partial charge in [-0.15, -0.1) is 0 Å². The van der Waals surface area contributed by atoms with Gasteiger partial charge in [-0.2, -0.15) is 0 Å². The van der Waals surface area contributed by atoms with Crippen molar-refractivity contribution in [2.45, 2.75) is 276 Å². The molecule has 0 aromatic carbocycles. The molecule has 0 aromatic heterocycles. The molecular weight excluding hydrogens is 770 g/mol. The lowest BCUT2D eigenvalue weighted by Crippen LogP contribution is -2.37. The van der Waals surface area contributed by atoms with E-state index in [2.05, 4.69) is 6.92 Å². The average molecular weight is 875 g/mol. The molecule has 60 heavy (non-hydrogen) atoms. The van der Waals surface area contributed by atoms with Crippen LogP contribution in [0.25, 0.3) is 0 Å². The number of hydrogen-bond donors (Lipinski definition) is 2. The van der Waals surface area contributed by atoms with Gasteiger partial charge in [-0.1, -0.05) is 257 Å². The van der Waals surface area contributed by atoms with Crippen molar-refractivity contribution < 1.29 is 37.6 Å². The van der Waals surface area contributed by atoms with Crippen LogP contribution in [0.15, 0.2) is 0 Å². The van der Waals surface area contributed by atoms with E-state index >= 15 is 0 Å². The fourth-order valence-corrected chi connectivity index (χ4v) is 8.76. The normalized spacial score (nSPS) is 13.5. The number of aliphatic hydroxyl groups excluding tert-OH is 1. The predicted molar refractivity (Wildman–Crippen MR) is 257 cm³/mol. The number of hydrogen-bond acceptors (Lipinski definition) is 6. The van der Waals surface area contributed by atoms with Crippen LogP contribution in [0.1, 0.15) is 270 Å². The Kier molecular flexibility index (Phi) is 44.7. The summed E-state index contributed by atoms with van der Waals surface area (Å²) in [5.74, 6) is -0.364. The highest BCUT2D eigenvalue weighted by Gasteiger charge is 2.24. The van der Waals surface area contributed by atoms with Crippen molar-refractivity contribution in [1.82, 2.24) is 0 Å². The van der Waals surface area contributed by atoms with Crippen LogP contribution < -0.4 is 0 Å². The van der Waals surface area contributed by atoms with E-state index < -0.39 is 20.5 Å². The smallest absolute Gasteiger partial charge is 0.463 e. The molecule has 8 nitrogen and oxygen atoms in total. The van der Waals surface area contributed by atoms with Crippen LogP contribution in [0.2, 0.25) is 0 Å². The number of phosphoric acid groups is 1. The van der Waals surface area contributed by atoms with Crippen LogP contribution in [-0.2, 0) is 23.1 Å². The molecule has 2 N–H and O–H groups in total. The first-order chi connectivity index (χ1) is 29.1. The number of ether oxygens (including phenoxy) is 1. The molecule has 0 fully saturated rings. The fourth-order valence-electron chi connectivity index (χ4n) is 8.02. The second-order valence-electron chi connectivity index (χ2n) is 19.5. The molecule has 0 saturated carbocycles. The number of quaternary nitrogens is 1. The zero-order valence-corrected chi connectivity index (χ0v) is 41.6. The Morgan fingerprint density at radius 3 is 0.983 bits per heavy atom. The molecule has 0 bridgehead atoms. The molecule has 0 aromatic rings. The molecule has 0 aliphatic rings. The van der Waals surface area contributed by atoms with Gasteiger partial charge in [0.25, 0.3) is 0 Å². The Balaban J connectivity index is 3.24. The number of carbonyl (C=O) groups is 1. The molecule has 2 unspecified atom stereocenters. The lowest BCUT2D eigenvalue weighted by atomic mass is 10.0. The summed E-state index contributed by atoms with van der Waals surface area (Å²) in [5, 5.41) is 9.93. The summed E-state index contributed by atoms with van der Waals surface area (Å²) in [6.45, 7) is 2.19. The summed E-state index contributed by atoms with van der Waals surface area (Å²) in [7, 11) is 1.58. The fraction of sp³-hybridized carbons (Fsp3) is 0.980. The van der Waals surface area contributed by atoms with Crippen molar-refractivity contribution in [3.63, 3.8) is 0 Å². The molecule has 0 radical (unpaired) electrons. The van der Waals surface area contributed by atoms with E-state index in [4.69, 9.17) is 13.8 Å². The lowest BCUT2D eigenvalue weighted by molar-refractivity contribution is -0.870. The monoisotopic (exact) mass is 875 g/mol. The van der Waals surface area contributed by atoms with Gasteiger partial charge in [0, 0.05) is 6.42 Å². The number of phosphoric ester groups is 1. The highest BCUT2D eigenvalue weighted by atomic mass is 31.2. The van der Waals surface area contributed by atoms with E-state index in [1.165, 1.54) is 238 Å². The van der Waals surface area contributed by atoms with Gasteiger partial charge in [-0.05, 0) is 6.42 Å². The Morgan fingerprint density at radius 1 is 0.450 bits per heavy atom. The summed E-state index contributed by atoms with van der Waals surface area (Å²) < 4.78 is 27.3. The Bertz CT molecular complexity index is 930. The van der Waals surface area contributed by atoms with E-state index in [1.54, 1.807) is 0 Å². The van der Waals surface area contributed by atoms with Crippen LogP contribution >= 0.6 is 7.82 Å². The van der Waals surface area contributed by atoms with Gasteiger partial charge in [0.2, 0.25) is 0 Å². The Morgan fingerprint density at radius 2 is 0.717 bits per heavy atom. The number of aliphatic hydroxyl groups is 1. The molecule has 0 aliphatic heterocycles. The summed E-state index contributed by atoms with van der Waals surface area (Å²) in [4.78, 5) is 21.7. The summed E-state index contributed by atoms with van der Waals surface area (Å²) >= 11 is 0. The molecular formula is C51H105NO7P+. The summed E-state index contributed by atoms with van der Waals surface area (Å²) in [6, 6.07) is 0. The minimum absolute atomic E-state index is 0.0577. The first kappa shape index (κ1) is 59.5. The second kappa shape index (κ2) is 45.1. The standard InChI is InChI=1S/C51H104NO7P/c1-5-6-7-8-9-10-11-12-13-14-15-16-17-18-19-20-21-22-23-24-25-26-27-28-29-30-31-32-33-34-35-36-37-38-39-40-41-42-43-44-45-51(54)57-48-50(53)49-59-60(55,56)58-47-46-52(2,3)4/h50,53H,5-49H2,1-4H3/p+1. The van der Waals surface area contributed by atoms with Crippen molar-refractivity contribution in [3.8, 4) is 0 Å². The zero-order chi connectivity index (χ0) is 44.1. The minimum atomic E-state index is -4.25. The zero-order valence-electron chi connectivity index (χ0n) is 40.7. The Hall–Kier alpha value is -0.500. The van der Waals surface area contributed by atoms with Gasteiger partial charge < -0.3 is 19.2 Å². The van der Waals surface area contributed by atoms with E-state index in [0.717, 1.165) is 19.3 Å². The topological polar surface area (TPSA) is 102 Å². The molecule has 0 spiro atoms. The van der Waals surface area contributed by atoms with E-state index in [1.807, 2.05) is 21.1 Å². The van der Waals surface area contributed by atoms with Crippen molar-refractivity contribution in [2.75, 3.05) is 47.5 Å². The van der Waals surface area contributed by atoms with E-state index in [9.17, 15) is 19.4 Å².